The van der Waals surface area contributed by atoms with Crippen molar-refractivity contribution in [3.05, 3.63) is 42.0 Å². The van der Waals surface area contributed by atoms with Crippen molar-refractivity contribution in [1.82, 2.24) is 9.80 Å². The number of likely N-dealkylation sites (tertiary alicyclic amines) is 2. The summed E-state index contributed by atoms with van der Waals surface area (Å²) in [6, 6.07) is 6.44. The van der Waals surface area contributed by atoms with Crippen molar-refractivity contribution in [3.63, 3.8) is 0 Å². The summed E-state index contributed by atoms with van der Waals surface area (Å²) < 4.78 is 10.6. The summed E-state index contributed by atoms with van der Waals surface area (Å²) in [4.78, 5) is 29.3. The van der Waals surface area contributed by atoms with Crippen molar-refractivity contribution in [1.29, 1.82) is 0 Å². The second-order valence-corrected chi connectivity index (χ2v) is 7.99. The Morgan fingerprint density at radius 1 is 1.39 bits per heavy atom. The van der Waals surface area contributed by atoms with E-state index in [1.165, 1.54) is 18.2 Å². The number of carbonyl (C=O) groups is 2. The highest BCUT2D eigenvalue weighted by Crippen LogP contribution is 2.44. The normalized spacial score (nSPS) is 23.5. The Kier molecular flexibility index (Phi) is 5.15. The molecule has 0 bridgehead atoms. The fourth-order valence-electron chi connectivity index (χ4n) is 5.08. The Morgan fingerprint density at radius 2 is 2.18 bits per heavy atom. The van der Waals surface area contributed by atoms with Crippen molar-refractivity contribution in [2.75, 3.05) is 33.4 Å². The molecule has 1 spiro atoms. The number of hydrogen-bond acceptors (Lipinski definition) is 5. The average Bonchev–Trinajstić information content (AvgIpc) is 3.27. The molecule has 1 atom stereocenters. The smallest absolute Gasteiger partial charge is 0.311 e. The maximum absolute atomic E-state index is 12.6. The van der Waals surface area contributed by atoms with Gasteiger partial charge >= 0.3 is 5.97 Å². The van der Waals surface area contributed by atoms with E-state index in [2.05, 4.69) is 29.7 Å². The van der Waals surface area contributed by atoms with Crippen molar-refractivity contribution >= 4 is 11.9 Å². The molecule has 0 saturated carbocycles. The van der Waals surface area contributed by atoms with Crippen molar-refractivity contribution in [3.8, 4) is 5.75 Å². The van der Waals surface area contributed by atoms with Crippen molar-refractivity contribution < 1.29 is 19.1 Å². The predicted octanol–water partition coefficient (Wildman–Crippen LogP) is 2.16. The number of carbonyl (C=O) groups excluding carboxylic acids is 2. The molecule has 3 aliphatic rings. The Hall–Kier alpha value is -2.34. The fourth-order valence-corrected chi connectivity index (χ4v) is 5.08. The van der Waals surface area contributed by atoms with E-state index < -0.39 is 5.54 Å². The number of hydrogen-bond donors (Lipinski definition) is 0. The third kappa shape index (κ3) is 3.20. The molecule has 0 N–H and O–H groups in total. The van der Waals surface area contributed by atoms with Crippen LogP contribution in [-0.2, 0) is 27.3 Å². The van der Waals surface area contributed by atoms with Crippen LogP contribution in [0.1, 0.15) is 30.4 Å². The van der Waals surface area contributed by atoms with Gasteiger partial charge in [-0.2, -0.15) is 0 Å². The molecular weight excluding hydrogens is 356 g/mol. The maximum Gasteiger partial charge on any atom is 0.311 e. The van der Waals surface area contributed by atoms with Gasteiger partial charge in [0.15, 0.2) is 0 Å². The van der Waals surface area contributed by atoms with Gasteiger partial charge in [0, 0.05) is 39.0 Å². The van der Waals surface area contributed by atoms with Crippen LogP contribution in [0.2, 0.25) is 0 Å². The minimum Gasteiger partial charge on any atom is -0.493 e. The van der Waals surface area contributed by atoms with Crippen LogP contribution in [0.4, 0.5) is 0 Å². The number of benzene rings is 1. The summed E-state index contributed by atoms with van der Waals surface area (Å²) >= 11 is 0. The van der Waals surface area contributed by atoms with E-state index in [0.29, 0.717) is 6.54 Å². The molecule has 2 fully saturated rings. The van der Waals surface area contributed by atoms with E-state index in [0.717, 1.165) is 51.3 Å². The summed E-state index contributed by atoms with van der Waals surface area (Å²) in [6.07, 6.45) is 4.52. The summed E-state index contributed by atoms with van der Waals surface area (Å²) in [7, 11) is 1.41. The van der Waals surface area contributed by atoms with Crippen molar-refractivity contribution in [2.45, 2.75) is 37.8 Å². The van der Waals surface area contributed by atoms with E-state index in [1.54, 1.807) is 6.08 Å². The van der Waals surface area contributed by atoms with E-state index in [4.69, 9.17) is 9.47 Å². The topological polar surface area (TPSA) is 59.1 Å². The highest BCUT2D eigenvalue weighted by atomic mass is 16.5. The maximum atomic E-state index is 12.6. The SMILES string of the molecule is C=CCN1C(=O)CC(C(=O)OC)C12CCN(Cc1ccc3c(c1)CCO3)CC2. The first-order chi connectivity index (χ1) is 13.6. The Balaban J connectivity index is 1.48. The molecule has 1 aromatic rings. The van der Waals surface area contributed by atoms with Crippen LogP contribution in [0.3, 0.4) is 0 Å². The molecular formula is C22H28N2O4. The molecule has 3 heterocycles. The van der Waals surface area contributed by atoms with E-state index in [1.807, 2.05) is 4.90 Å². The first-order valence-corrected chi connectivity index (χ1v) is 10.0. The quantitative estimate of drug-likeness (QED) is 0.575. The first kappa shape index (κ1) is 19.0. The Labute approximate surface area is 166 Å². The van der Waals surface area contributed by atoms with Gasteiger partial charge in [0.1, 0.15) is 5.75 Å². The van der Waals surface area contributed by atoms with Gasteiger partial charge in [-0.3, -0.25) is 14.5 Å². The molecule has 1 amide bonds. The monoisotopic (exact) mass is 384 g/mol. The summed E-state index contributed by atoms with van der Waals surface area (Å²) in [5.41, 5.74) is 2.13. The zero-order valence-corrected chi connectivity index (χ0v) is 16.5. The van der Waals surface area contributed by atoms with Crippen LogP contribution in [-0.4, -0.2) is 60.6 Å². The third-order valence-corrected chi connectivity index (χ3v) is 6.55. The zero-order chi connectivity index (χ0) is 19.7. The van der Waals surface area contributed by atoms with E-state index >= 15 is 0 Å². The van der Waals surface area contributed by atoms with E-state index in [-0.39, 0.29) is 24.2 Å². The lowest BCUT2D eigenvalue weighted by atomic mass is 9.76. The van der Waals surface area contributed by atoms with Gasteiger partial charge < -0.3 is 14.4 Å². The molecule has 1 unspecified atom stereocenters. The van der Waals surface area contributed by atoms with Gasteiger partial charge in [0.2, 0.25) is 5.91 Å². The number of fused-ring (bicyclic) bond motifs is 1. The standard InChI is InChI=1S/C22H28N2O4/c1-3-9-24-20(25)14-18(21(26)27-2)22(24)7-10-23(11-8-22)15-16-4-5-19-17(13-16)6-12-28-19/h3-5,13,18H,1,6-12,14-15H2,2H3. The largest absolute Gasteiger partial charge is 0.493 e. The Morgan fingerprint density at radius 3 is 2.89 bits per heavy atom. The molecule has 6 heteroatoms. The highest BCUT2D eigenvalue weighted by Gasteiger charge is 2.56. The van der Waals surface area contributed by atoms with Crippen LogP contribution in [0.15, 0.2) is 30.9 Å². The third-order valence-electron chi connectivity index (χ3n) is 6.55. The minimum atomic E-state index is -0.444. The number of rotatable bonds is 5. The average molecular weight is 384 g/mol. The van der Waals surface area contributed by atoms with Crippen LogP contribution in [0.5, 0.6) is 5.75 Å². The number of ether oxygens (including phenoxy) is 2. The van der Waals surface area contributed by atoms with Gasteiger partial charge in [0.05, 0.1) is 25.2 Å². The number of methoxy groups -OCH3 is 1. The highest BCUT2D eigenvalue weighted by molar-refractivity contribution is 5.89. The van der Waals surface area contributed by atoms with E-state index in [9.17, 15) is 9.59 Å². The van der Waals surface area contributed by atoms with Crippen molar-refractivity contribution in [2.24, 2.45) is 5.92 Å². The number of amides is 1. The van der Waals surface area contributed by atoms with Crippen LogP contribution >= 0.6 is 0 Å². The molecule has 0 aliphatic carbocycles. The molecule has 6 nitrogen and oxygen atoms in total. The Bertz CT molecular complexity index is 783. The van der Waals surface area contributed by atoms with Gasteiger partial charge in [-0.25, -0.2) is 0 Å². The lowest BCUT2D eigenvalue weighted by Gasteiger charge is -2.46. The molecule has 28 heavy (non-hydrogen) atoms. The molecule has 1 aromatic carbocycles. The number of nitrogens with zero attached hydrogens (tertiary/aromatic N) is 2. The molecule has 0 radical (unpaired) electrons. The predicted molar refractivity (Wildman–Crippen MR) is 105 cm³/mol. The number of esters is 1. The van der Waals surface area contributed by atoms with Gasteiger partial charge in [-0.15, -0.1) is 6.58 Å². The number of piperidine rings is 1. The molecule has 3 aliphatic heterocycles. The fraction of sp³-hybridized carbons (Fsp3) is 0.545. The van der Waals surface area contributed by atoms with Crippen LogP contribution in [0, 0.1) is 5.92 Å². The van der Waals surface area contributed by atoms with Crippen LogP contribution in [0.25, 0.3) is 0 Å². The zero-order valence-electron chi connectivity index (χ0n) is 16.5. The lowest BCUT2D eigenvalue weighted by Crippen LogP contribution is -2.57. The van der Waals surface area contributed by atoms with Gasteiger partial charge in [0.25, 0.3) is 0 Å². The van der Waals surface area contributed by atoms with Gasteiger partial charge in [-0.1, -0.05) is 18.2 Å². The first-order valence-electron chi connectivity index (χ1n) is 10.0. The second kappa shape index (κ2) is 7.59. The molecule has 0 aromatic heterocycles. The summed E-state index contributed by atoms with van der Waals surface area (Å²) in [6.45, 7) is 7.62. The van der Waals surface area contributed by atoms with Crippen LogP contribution < -0.4 is 4.74 Å². The lowest BCUT2D eigenvalue weighted by molar-refractivity contribution is -0.150. The summed E-state index contributed by atoms with van der Waals surface area (Å²) in [5.74, 6) is 0.380. The molecule has 2 saturated heterocycles. The second-order valence-electron chi connectivity index (χ2n) is 7.99. The molecule has 4 rings (SSSR count). The summed E-state index contributed by atoms with van der Waals surface area (Å²) in [5, 5.41) is 0. The minimum absolute atomic E-state index is 0.0300. The van der Waals surface area contributed by atoms with Gasteiger partial charge in [-0.05, 0) is 30.0 Å². The molecule has 150 valence electrons.